The summed E-state index contributed by atoms with van der Waals surface area (Å²) in [7, 11) is 0. The lowest BCUT2D eigenvalue weighted by molar-refractivity contribution is 0.411. The van der Waals surface area contributed by atoms with Crippen LogP contribution in [0.4, 0.5) is 5.69 Å². The molecule has 1 aliphatic rings. The minimum Gasteiger partial charge on any atom is -0.510 e. The second-order valence-corrected chi connectivity index (χ2v) is 5.56. The maximum atomic E-state index is 10.2. The normalized spacial score (nSPS) is 15.0. The lowest BCUT2D eigenvalue weighted by Gasteiger charge is -2.20. The average Bonchev–Trinajstić information content (AvgIpc) is 2.77. The van der Waals surface area contributed by atoms with Crippen molar-refractivity contribution in [1.82, 2.24) is 0 Å². The number of hydrogen-bond acceptors (Lipinski definition) is 2. The second kappa shape index (κ2) is 5.43. The maximum absolute atomic E-state index is 10.2. The summed E-state index contributed by atoms with van der Waals surface area (Å²) in [6, 6.07) is 14.4. The first-order valence-corrected chi connectivity index (χ1v) is 7.12. The molecule has 0 amide bonds. The van der Waals surface area contributed by atoms with Crippen molar-refractivity contribution in [3.8, 4) is 0 Å². The second-order valence-electron chi connectivity index (χ2n) is 4.72. The van der Waals surface area contributed by atoms with E-state index in [2.05, 4.69) is 0 Å². The van der Waals surface area contributed by atoms with Gasteiger partial charge >= 0.3 is 0 Å². The van der Waals surface area contributed by atoms with Crippen LogP contribution in [-0.4, -0.2) is 17.5 Å². The smallest absolute Gasteiger partial charge is 0.137 e. The predicted molar refractivity (Wildman–Crippen MR) is 87.5 cm³/mol. The van der Waals surface area contributed by atoms with Crippen molar-refractivity contribution in [1.29, 1.82) is 5.41 Å². The van der Waals surface area contributed by atoms with Crippen molar-refractivity contribution < 1.29 is 5.11 Å². The van der Waals surface area contributed by atoms with Gasteiger partial charge in [-0.1, -0.05) is 53.5 Å². The number of hydrogen-bond donors (Lipinski definition) is 2. The van der Waals surface area contributed by atoms with Crippen molar-refractivity contribution >= 4 is 40.3 Å². The summed E-state index contributed by atoms with van der Waals surface area (Å²) in [5.41, 5.74) is 1.94. The van der Waals surface area contributed by atoms with E-state index in [0.717, 1.165) is 5.56 Å². The first kappa shape index (κ1) is 14.0. The monoisotopic (exact) mass is 318 g/mol. The molecule has 106 valence electrons. The van der Waals surface area contributed by atoms with E-state index in [-0.39, 0.29) is 18.1 Å². The molecular formula is C16H12Cl2N2O. The highest BCUT2D eigenvalue weighted by Gasteiger charge is 2.30. The van der Waals surface area contributed by atoms with E-state index < -0.39 is 0 Å². The van der Waals surface area contributed by atoms with E-state index in [9.17, 15) is 5.11 Å². The fourth-order valence-corrected chi connectivity index (χ4v) is 2.77. The number of nitrogens with one attached hydrogen (secondary N) is 1. The van der Waals surface area contributed by atoms with Crippen molar-refractivity contribution in [2.24, 2.45) is 0 Å². The third-order valence-electron chi connectivity index (χ3n) is 3.36. The third-order valence-corrected chi connectivity index (χ3v) is 3.92. The van der Waals surface area contributed by atoms with Gasteiger partial charge in [0.05, 0.1) is 22.8 Å². The number of nitrogens with zero attached hydrogens (tertiary/aromatic N) is 1. The van der Waals surface area contributed by atoms with Gasteiger partial charge in [-0.2, -0.15) is 0 Å². The molecule has 0 aromatic heterocycles. The van der Waals surface area contributed by atoms with Gasteiger partial charge < -0.3 is 10.0 Å². The van der Waals surface area contributed by atoms with Gasteiger partial charge in [-0.3, -0.25) is 5.41 Å². The van der Waals surface area contributed by atoms with Crippen molar-refractivity contribution in [2.75, 3.05) is 11.4 Å². The molecule has 2 aromatic rings. The number of amidine groups is 1. The Labute approximate surface area is 132 Å². The molecule has 0 fully saturated rings. The number of halogens is 2. The van der Waals surface area contributed by atoms with Crippen molar-refractivity contribution in [2.45, 2.75) is 0 Å². The van der Waals surface area contributed by atoms with Gasteiger partial charge in [0.25, 0.3) is 0 Å². The number of anilines is 1. The molecule has 5 heteroatoms. The van der Waals surface area contributed by atoms with E-state index in [4.69, 9.17) is 28.6 Å². The molecule has 0 unspecified atom stereocenters. The summed E-state index contributed by atoms with van der Waals surface area (Å²) in [5.74, 6) is 0.366. The van der Waals surface area contributed by atoms with Gasteiger partial charge in [0.2, 0.25) is 0 Å². The van der Waals surface area contributed by atoms with E-state index in [1.165, 1.54) is 0 Å². The van der Waals surface area contributed by atoms with E-state index >= 15 is 0 Å². The molecule has 0 bridgehead atoms. The highest BCUT2D eigenvalue weighted by Crippen LogP contribution is 2.36. The Morgan fingerprint density at radius 3 is 2.48 bits per heavy atom. The Morgan fingerprint density at radius 1 is 1.05 bits per heavy atom. The molecule has 0 saturated heterocycles. The number of benzene rings is 2. The Morgan fingerprint density at radius 2 is 1.76 bits per heavy atom. The van der Waals surface area contributed by atoms with Gasteiger partial charge in [-0.25, -0.2) is 0 Å². The first-order valence-electron chi connectivity index (χ1n) is 6.37. The van der Waals surface area contributed by atoms with E-state index in [1.54, 1.807) is 23.1 Å². The number of aliphatic hydroxyl groups excluding tert-OH is 1. The molecular weight excluding hydrogens is 307 g/mol. The summed E-state index contributed by atoms with van der Waals surface area (Å²) in [5, 5.41) is 19.6. The minimum atomic E-state index is 0.155. The summed E-state index contributed by atoms with van der Waals surface area (Å²) < 4.78 is 0. The van der Waals surface area contributed by atoms with Crippen LogP contribution in [0.25, 0.3) is 5.57 Å². The maximum Gasteiger partial charge on any atom is 0.137 e. The van der Waals surface area contributed by atoms with Gasteiger partial charge in [-0.15, -0.1) is 0 Å². The predicted octanol–water partition coefficient (Wildman–Crippen LogP) is 4.76. The summed E-state index contributed by atoms with van der Waals surface area (Å²) in [6.07, 6.45) is 0. The molecule has 0 saturated carbocycles. The molecule has 2 aromatic carbocycles. The average molecular weight is 319 g/mol. The Bertz CT molecular complexity index is 741. The largest absolute Gasteiger partial charge is 0.510 e. The number of aliphatic hydroxyl groups is 1. The Kier molecular flexibility index (Phi) is 3.62. The van der Waals surface area contributed by atoms with Crippen LogP contribution in [0.5, 0.6) is 0 Å². The van der Waals surface area contributed by atoms with Crippen molar-refractivity contribution in [3.05, 3.63) is 69.9 Å². The molecule has 0 atom stereocenters. The van der Waals surface area contributed by atoms with Gasteiger partial charge in [0.1, 0.15) is 11.6 Å². The fourth-order valence-electron chi connectivity index (χ4n) is 2.39. The van der Waals surface area contributed by atoms with Gasteiger partial charge in [-0.05, 0) is 23.8 Å². The van der Waals surface area contributed by atoms with Crippen LogP contribution < -0.4 is 4.90 Å². The summed E-state index contributed by atoms with van der Waals surface area (Å²) >= 11 is 12.2. The fraction of sp³-hybridized carbons (Fsp3) is 0.0625. The molecule has 1 aliphatic heterocycles. The zero-order valence-corrected chi connectivity index (χ0v) is 12.5. The first-order chi connectivity index (χ1) is 10.1. The van der Waals surface area contributed by atoms with Crippen LogP contribution in [0, 0.1) is 5.41 Å². The number of rotatable bonds is 2. The zero-order valence-electron chi connectivity index (χ0n) is 11.0. The van der Waals surface area contributed by atoms with Crippen LogP contribution in [0.1, 0.15) is 5.56 Å². The SMILES string of the molecule is N=C1C(c2ccccc2)=C(O)CN1c1cc(Cl)ccc1Cl. The van der Waals surface area contributed by atoms with Crippen LogP contribution in [0.2, 0.25) is 10.0 Å². The molecule has 21 heavy (non-hydrogen) atoms. The van der Waals surface area contributed by atoms with Crippen LogP contribution in [0.3, 0.4) is 0 Å². The molecule has 0 aliphatic carbocycles. The lowest BCUT2D eigenvalue weighted by atomic mass is 10.1. The van der Waals surface area contributed by atoms with Crippen LogP contribution >= 0.6 is 23.2 Å². The molecule has 0 radical (unpaired) electrons. The van der Waals surface area contributed by atoms with E-state index in [1.807, 2.05) is 30.3 Å². The highest BCUT2D eigenvalue weighted by atomic mass is 35.5. The lowest BCUT2D eigenvalue weighted by Crippen LogP contribution is -2.26. The van der Waals surface area contributed by atoms with Crippen LogP contribution in [0.15, 0.2) is 54.3 Å². The highest BCUT2D eigenvalue weighted by molar-refractivity contribution is 6.38. The minimum absolute atomic E-state index is 0.155. The van der Waals surface area contributed by atoms with Crippen molar-refractivity contribution in [3.63, 3.8) is 0 Å². The Hall–Kier alpha value is -1.97. The molecule has 1 heterocycles. The van der Waals surface area contributed by atoms with Gasteiger partial charge in [0, 0.05) is 5.02 Å². The topological polar surface area (TPSA) is 47.3 Å². The zero-order chi connectivity index (χ0) is 15.0. The Balaban J connectivity index is 2.01. The third kappa shape index (κ3) is 2.50. The molecule has 0 spiro atoms. The van der Waals surface area contributed by atoms with E-state index in [0.29, 0.717) is 21.3 Å². The van der Waals surface area contributed by atoms with Crippen LogP contribution in [-0.2, 0) is 0 Å². The summed E-state index contributed by atoms with van der Waals surface area (Å²) in [4.78, 5) is 1.64. The molecule has 3 nitrogen and oxygen atoms in total. The summed E-state index contributed by atoms with van der Waals surface area (Å²) in [6.45, 7) is 0.211. The molecule has 3 rings (SSSR count). The molecule has 2 N–H and O–H groups in total. The quantitative estimate of drug-likeness (QED) is 0.838. The standard InChI is InChI=1S/C16H12Cl2N2O/c17-11-6-7-12(18)13(8-11)20-9-14(21)15(16(20)19)10-4-2-1-3-5-10/h1-8,19,21H,9H2. The van der Waals surface area contributed by atoms with Gasteiger partial charge in [0.15, 0.2) is 0 Å².